The van der Waals surface area contributed by atoms with Crippen LogP contribution in [0.5, 0.6) is 0 Å². The average molecular weight is 290 g/mol. The predicted molar refractivity (Wildman–Crippen MR) is 70.6 cm³/mol. The minimum Gasteiger partial charge on any atom is -0.387 e. The highest BCUT2D eigenvalue weighted by Gasteiger charge is 2.32. The summed E-state index contributed by atoms with van der Waals surface area (Å²) in [5, 5.41) is 12.8. The van der Waals surface area contributed by atoms with E-state index in [4.69, 9.17) is 11.6 Å². The molecule has 6 heteroatoms. The first kappa shape index (κ1) is 13.6. The van der Waals surface area contributed by atoms with E-state index >= 15 is 0 Å². The number of amides is 1. The van der Waals surface area contributed by atoms with Crippen molar-refractivity contribution >= 4 is 29.3 Å². The molecule has 0 spiro atoms. The van der Waals surface area contributed by atoms with Crippen LogP contribution in [-0.2, 0) is 0 Å². The van der Waals surface area contributed by atoms with Crippen LogP contribution in [0.25, 0.3) is 0 Å². The summed E-state index contributed by atoms with van der Waals surface area (Å²) < 4.78 is 12.8. The third kappa shape index (κ3) is 3.16. The maximum atomic E-state index is 12.8. The second kappa shape index (κ2) is 5.47. The summed E-state index contributed by atoms with van der Waals surface area (Å²) in [6, 6.07) is 3.61. The number of carbonyl (C=O) groups excluding carboxylic acids is 1. The standard InChI is InChI=1S/C12H13ClFNO2S/c13-10-5-8(14)1-2-9(10)11(16)15-6-12(17)3-4-18-7-12/h1-2,5,17H,3-4,6-7H2,(H,15,16). The summed E-state index contributed by atoms with van der Waals surface area (Å²) in [5.41, 5.74) is -0.625. The third-order valence-electron chi connectivity index (χ3n) is 2.84. The first-order chi connectivity index (χ1) is 8.50. The van der Waals surface area contributed by atoms with Crippen LogP contribution in [0.4, 0.5) is 4.39 Å². The van der Waals surface area contributed by atoms with Crippen LogP contribution in [-0.4, -0.2) is 34.7 Å². The van der Waals surface area contributed by atoms with Gasteiger partial charge in [0.25, 0.3) is 5.91 Å². The molecule has 0 saturated carbocycles. The highest BCUT2D eigenvalue weighted by atomic mass is 35.5. The van der Waals surface area contributed by atoms with Gasteiger partial charge in [-0.3, -0.25) is 4.79 Å². The molecule has 0 bridgehead atoms. The molecule has 1 saturated heterocycles. The van der Waals surface area contributed by atoms with E-state index in [1.165, 1.54) is 12.1 Å². The first-order valence-corrected chi connectivity index (χ1v) is 7.07. The molecule has 0 radical (unpaired) electrons. The quantitative estimate of drug-likeness (QED) is 0.896. The van der Waals surface area contributed by atoms with Crippen molar-refractivity contribution < 1.29 is 14.3 Å². The van der Waals surface area contributed by atoms with Crippen molar-refractivity contribution in [1.82, 2.24) is 5.32 Å². The van der Waals surface area contributed by atoms with Crippen molar-refractivity contribution in [3.63, 3.8) is 0 Å². The van der Waals surface area contributed by atoms with Crippen LogP contribution in [0, 0.1) is 5.82 Å². The van der Waals surface area contributed by atoms with Gasteiger partial charge in [0.2, 0.25) is 0 Å². The summed E-state index contributed by atoms with van der Waals surface area (Å²) in [5.74, 6) is 0.626. The Kier molecular flexibility index (Phi) is 4.14. The first-order valence-electron chi connectivity index (χ1n) is 5.54. The fourth-order valence-electron chi connectivity index (χ4n) is 1.75. The number of hydrogen-bond acceptors (Lipinski definition) is 3. The molecule has 1 aliphatic heterocycles. The SMILES string of the molecule is O=C(NCC1(O)CCSC1)c1ccc(F)cc1Cl. The second-order valence-electron chi connectivity index (χ2n) is 4.33. The van der Waals surface area contributed by atoms with Gasteiger partial charge in [0.15, 0.2) is 0 Å². The average Bonchev–Trinajstić information content (AvgIpc) is 2.74. The molecule has 1 aromatic carbocycles. The fraction of sp³-hybridized carbons (Fsp3) is 0.417. The van der Waals surface area contributed by atoms with Crippen molar-refractivity contribution in [3.05, 3.63) is 34.6 Å². The van der Waals surface area contributed by atoms with Gasteiger partial charge in [-0.1, -0.05) is 11.6 Å². The van der Waals surface area contributed by atoms with Gasteiger partial charge in [-0.25, -0.2) is 4.39 Å². The van der Waals surface area contributed by atoms with Gasteiger partial charge in [-0.05, 0) is 30.4 Å². The monoisotopic (exact) mass is 289 g/mol. The molecule has 3 nitrogen and oxygen atoms in total. The van der Waals surface area contributed by atoms with Crippen LogP contribution in [0.1, 0.15) is 16.8 Å². The van der Waals surface area contributed by atoms with Crippen LogP contribution < -0.4 is 5.32 Å². The topological polar surface area (TPSA) is 49.3 Å². The van der Waals surface area contributed by atoms with Crippen molar-refractivity contribution in [1.29, 1.82) is 0 Å². The Labute approximate surface area is 114 Å². The molecule has 1 atom stereocenters. The Hall–Kier alpha value is -0.780. The van der Waals surface area contributed by atoms with Crippen LogP contribution >= 0.6 is 23.4 Å². The lowest BCUT2D eigenvalue weighted by atomic mass is 10.0. The number of aliphatic hydroxyl groups is 1. The zero-order valence-corrected chi connectivity index (χ0v) is 11.2. The largest absolute Gasteiger partial charge is 0.387 e. The molecule has 98 valence electrons. The highest BCUT2D eigenvalue weighted by Crippen LogP contribution is 2.27. The Morgan fingerprint density at radius 3 is 3.00 bits per heavy atom. The smallest absolute Gasteiger partial charge is 0.252 e. The van der Waals surface area contributed by atoms with Gasteiger partial charge < -0.3 is 10.4 Å². The van der Waals surface area contributed by atoms with Crippen molar-refractivity contribution in [2.24, 2.45) is 0 Å². The molecule has 1 amide bonds. The number of nitrogens with one attached hydrogen (secondary N) is 1. The zero-order valence-electron chi connectivity index (χ0n) is 9.58. The summed E-state index contributed by atoms with van der Waals surface area (Å²) in [6.45, 7) is 0.187. The number of rotatable bonds is 3. The normalized spacial score (nSPS) is 23.1. The molecule has 1 heterocycles. The van der Waals surface area contributed by atoms with Crippen LogP contribution in [0.15, 0.2) is 18.2 Å². The molecule has 2 N–H and O–H groups in total. The summed E-state index contributed by atoms with van der Waals surface area (Å²) in [6.07, 6.45) is 0.662. The number of halogens is 2. The zero-order chi connectivity index (χ0) is 13.2. The van der Waals surface area contributed by atoms with E-state index in [1.54, 1.807) is 11.8 Å². The van der Waals surface area contributed by atoms with E-state index in [0.717, 1.165) is 11.8 Å². The van der Waals surface area contributed by atoms with Crippen LogP contribution in [0.3, 0.4) is 0 Å². The maximum absolute atomic E-state index is 12.8. The second-order valence-corrected chi connectivity index (χ2v) is 5.85. The van der Waals surface area contributed by atoms with Gasteiger partial charge in [-0.2, -0.15) is 11.8 Å². The summed E-state index contributed by atoms with van der Waals surface area (Å²) in [4.78, 5) is 11.8. The molecule has 1 fully saturated rings. The Morgan fingerprint density at radius 2 is 2.39 bits per heavy atom. The lowest BCUT2D eigenvalue weighted by molar-refractivity contribution is 0.0612. The Balaban J connectivity index is 1.99. The van der Waals surface area contributed by atoms with Gasteiger partial charge in [0, 0.05) is 12.3 Å². The molecule has 18 heavy (non-hydrogen) atoms. The molecule has 0 aromatic heterocycles. The predicted octanol–water partition coefficient (Wildman–Crippen LogP) is 2.08. The van der Waals surface area contributed by atoms with Crippen molar-refractivity contribution in [2.75, 3.05) is 18.1 Å². The number of carbonyl (C=O) groups is 1. The van der Waals surface area contributed by atoms with Gasteiger partial charge in [-0.15, -0.1) is 0 Å². The van der Waals surface area contributed by atoms with E-state index in [0.29, 0.717) is 12.2 Å². The molecule has 0 aliphatic carbocycles. The number of thioether (sulfide) groups is 1. The molecule has 2 rings (SSSR count). The van der Waals surface area contributed by atoms with E-state index in [-0.39, 0.29) is 17.1 Å². The molecule has 1 unspecified atom stereocenters. The van der Waals surface area contributed by atoms with Gasteiger partial charge in [0.1, 0.15) is 5.82 Å². The number of benzene rings is 1. The Morgan fingerprint density at radius 1 is 1.61 bits per heavy atom. The lowest BCUT2D eigenvalue weighted by Crippen LogP contribution is -2.43. The minimum atomic E-state index is -0.840. The minimum absolute atomic E-state index is 0.0697. The molecular formula is C12H13ClFNO2S. The lowest BCUT2D eigenvalue weighted by Gasteiger charge is -2.21. The van der Waals surface area contributed by atoms with E-state index < -0.39 is 17.3 Å². The molecule has 1 aliphatic rings. The van der Waals surface area contributed by atoms with Crippen molar-refractivity contribution in [3.8, 4) is 0 Å². The Bertz CT molecular complexity index is 463. The van der Waals surface area contributed by atoms with Crippen molar-refractivity contribution in [2.45, 2.75) is 12.0 Å². The fourth-order valence-corrected chi connectivity index (χ4v) is 3.30. The van der Waals surface area contributed by atoms with Gasteiger partial charge in [0.05, 0.1) is 16.2 Å². The molecular weight excluding hydrogens is 277 g/mol. The summed E-state index contributed by atoms with van der Waals surface area (Å²) in [7, 11) is 0. The highest BCUT2D eigenvalue weighted by molar-refractivity contribution is 7.99. The maximum Gasteiger partial charge on any atom is 0.252 e. The molecule has 1 aromatic rings. The van der Waals surface area contributed by atoms with E-state index in [1.807, 2.05) is 0 Å². The summed E-state index contributed by atoms with van der Waals surface area (Å²) >= 11 is 7.44. The van der Waals surface area contributed by atoms with Crippen LogP contribution in [0.2, 0.25) is 5.02 Å². The third-order valence-corrected chi connectivity index (χ3v) is 4.38. The van der Waals surface area contributed by atoms with E-state index in [9.17, 15) is 14.3 Å². The van der Waals surface area contributed by atoms with Gasteiger partial charge >= 0.3 is 0 Å². The van der Waals surface area contributed by atoms with E-state index in [2.05, 4.69) is 5.32 Å². The number of hydrogen-bond donors (Lipinski definition) is 2.